The Morgan fingerprint density at radius 3 is 2.69 bits per heavy atom. The molecule has 168 valence electrons. The molecule has 0 fully saturated rings. The van der Waals surface area contributed by atoms with E-state index in [1.165, 1.54) is 27.8 Å². The van der Waals surface area contributed by atoms with Gasteiger partial charge in [-0.05, 0) is 36.8 Å². The van der Waals surface area contributed by atoms with E-state index < -0.39 is 22.0 Å². The summed E-state index contributed by atoms with van der Waals surface area (Å²) in [6, 6.07) is 13.4. The average Bonchev–Trinajstić information content (AvgIpc) is 3.19. The maximum absolute atomic E-state index is 13.4. The number of fused-ring (bicyclic) bond motifs is 1. The number of hydrogen-bond acceptors (Lipinski definition) is 8. The molecule has 0 bridgehead atoms. The van der Waals surface area contributed by atoms with Crippen molar-refractivity contribution in [2.75, 3.05) is 16.2 Å². The van der Waals surface area contributed by atoms with Crippen molar-refractivity contribution in [1.29, 1.82) is 0 Å². The van der Waals surface area contributed by atoms with Crippen molar-refractivity contribution in [3.8, 4) is 5.75 Å². The maximum atomic E-state index is 13.4. The smallest absolute Gasteiger partial charge is 0.269 e. The molecule has 1 aliphatic rings. The highest BCUT2D eigenvalue weighted by Gasteiger charge is 2.38. The fourth-order valence-corrected chi connectivity index (χ4v) is 6.62. The summed E-state index contributed by atoms with van der Waals surface area (Å²) in [4.78, 5) is 13.1. The highest BCUT2D eigenvalue weighted by Crippen LogP contribution is 2.38. The van der Waals surface area contributed by atoms with Crippen LogP contribution in [0.15, 0.2) is 57.8 Å². The molecule has 8 nitrogen and oxygen atoms in total. The fourth-order valence-electron chi connectivity index (χ4n) is 3.14. The summed E-state index contributed by atoms with van der Waals surface area (Å²) < 4.78 is 34.7. The molecule has 0 spiro atoms. The van der Waals surface area contributed by atoms with E-state index in [9.17, 15) is 13.2 Å². The van der Waals surface area contributed by atoms with Crippen LogP contribution in [-0.4, -0.2) is 42.4 Å². The van der Waals surface area contributed by atoms with Crippen LogP contribution < -0.4 is 14.4 Å². The predicted octanol–water partition coefficient (Wildman–Crippen LogP) is 3.94. The Morgan fingerprint density at radius 2 is 1.97 bits per heavy atom. The summed E-state index contributed by atoms with van der Waals surface area (Å²) in [5.41, 5.74) is 1.29. The number of nitrogens with zero attached hydrogens (tertiary/aromatic N) is 3. The molecule has 1 N–H and O–H groups in total. The number of hydrogen-bond donors (Lipinski definition) is 1. The minimum atomic E-state index is -3.89. The molecule has 4 rings (SSSR count). The summed E-state index contributed by atoms with van der Waals surface area (Å²) in [7, 11) is -3.89. The number of anilines is 2. The number of nitrogens with one attached hydrogen (secondary N) is 1. The van der Waals surface area contributed by atoms with Crippen molar-refractivity contribution in [2.45, 2.75) is 41.4 Å². The predicted molar refractivity (Wildman–Crippen MR) is 126 cm³/mol. The summed E-state index contributed by atoms with van der Waals surface area (Å²) in [5.74, 6) is -0.146. The number of aryl methyl sites for hydroxylation is 1. The lowest BCUT2D eigenvalue weighted by Crippen LogP contribution is -2.48. The number of sulfonamides is 1. The molecule has 0 unspecified atom stereocenters. The molecule has 1 atom stereocenters. The van der Waals surface area contributed by atoms with Gasteiger partial charge in [0, 0.05) is 5.25 Å². The molecule has 2 aromatic carbocycles. The van der Waals surface area contributed by atoms with Crippen molar-refractivity contribution in [3.63, 3.8) is 0 Å². The Balaban J connectivity index is 1.62. The first-order chi connectivity index (χ1) is 15.2. The Bertz CT molecular complexity index is 1230. The maximum Gasteiger partial charge on any atom is 0.269 e. The van der Waals surface area contributed by atoms with Crippen molar-refractivity contribution in [3.05, 3.63) is 54.1 Å². The molecule has 0 saturated heterocycles. The molecule has 32 heavy (non-hydrogen) atoms. The quantitative estimate of drug-likeness (QED) is 0.412. The van der Waals surface area contributed by atoms with Gasteiger partial charge in [0.1, 0.15) is 5.75 Å². The van der Waals surface area contributed by atoms with Gasteiger partial charge in [-0.25, -0.2) is 8.42 Å². The van der Waals surface area contributed by atoms with E-state index in [2.05, 4.69) is 15.5 Å². The first-order valence-corrected chi connectivity index (χ1v) is 13.0. The van der Waals surface area contributed by atoms with Crippen molar-refractivity contribution in [2.24, 2.45) is 0 Å². The van der Waals surface area contributed by atoms with Crippen LogP contribution in [0.25, 0.3) is 0 Å². The van der Waals surface area contributed by atoms with Gasteiger partial charge >= 0.3 is 0 Å². The zero-order chi connectivity index (χ0) is 22.9. The van der Waals surface area contributed by atoms with Crippen LogP contribution in [0.5, 0.6) is 5.75 Å². The third kappa shape index (κ3) is 4.74. The van der Waals surface area contributed by atoms with Crippen LogP contribution in [0, 0.1) is 6.92 Å². The highest BCUT2D eigenvalue weighted by atomic mass is 32.2. The molecule has 11 heteroatoms. The Morgan fingerprint density at radius 1 is 1.22 bits per heavy atom. The summed E-state index contributed by atoms with van der Waals surface area (Å²) in [6.45, 7) is 5.80. The van der Waals surface area contributed by atoms with Gasteiger partial charge in [-0.15, -0.1) is 10.2 Å². The number of carbonyl (C=O) groups excluding carboxylic acids is 1. The van der Waals surface area contributed by atoms with Gasteiger partial charge in [0.25, 0.3) is 15.9 Å². The third-order valence-electron chi connectivity index (χ3n) is 4.58. The molecular weight excluding hydrogens is 468 g/mol. The number of thioether (sulfide) groups is 1. The largest absolute Gasteiger partial charge is 0.476 e. The van der Waals surface area contributed by atoms with E-state index in [0.29, 0.717) is 21.8 Å². The second-order valence-electron chi connectivity index (χ2n) is 7.46. The van der Waals surface area contributed by atoms with Crippen LogP contribution in [0.3, 0.4) is 0 Å². The molecule has 0 saturated carbocycles. The van der Waals surface area contributed by atoms with Crippen LogP contribution >= 0.6 is 23.1 Å². The minimum absolute atomic E-state index is 0.145. The van der Waals surface area contributed by atoms with Crippen LogP contribution in [0.2, 0.25) is 0 Å². The van der Waals surface area contributed by atoms with Gasteiger partial charge in [-0.2, -0.15) is 0 Å². The van der Waals surface area contributed by atoms with Gasteiger partial charge in [0.15, 0.2) is 10.4 Å². The lowest BCUT2D eigenvalue weighted by atomic mass is 10.1. The molecule has 0 aliphatic carbocycles. The van der Waals surface area contributed by atoms with Crippen LogP contribution in [0.1, 0.15) is 19.4 Å². The second-order valence-corrected chi connectivity index (χ2v) is 12.1. The average molecular weight is 491 g/mol. The zero-order valence-corrected chi connectivity index (χ0v) is 20.1. The number of amides is 1. The topological polar surface area (TPSA) is 101 Å². The fraction of sp³-hybridized carbons (Fsp3) is 0.286. The van der Waals surface area contributed by atoms with Crippen molar-refractivity contribution in [1.82, 2.24) is 10.2 Å². The molecular formula is C21H22N4O4S3. The molecule has 1 aromatic heterocycles. The normalized spacial score (nSPS) is 15.9. The highest BCUT2D eigenvalue weighted by molar-refractivity contribution is 8.01. The third-order valence-corrected chi connectivity index (χ3v) is 8.30. The van der Waals surface area contributed by atoms with Crippen molar-refractivity contribution >= 4 is 49.8 Å². The second kappa shape index (κ2) is 9.08. The number of carbonyl (C=O) groups is 1. The minimum Gasteiger partial charge on any atom is -0.476 e. The first-order valence-electron chi connectivity index (χ1n) is 9.90. The Kier molecular flexibility index (Phi) is 6.40. The van der Waals surface area contributed by atoms with E-state index >= 15 is 0 Å². The zero-order valence-electron chi connectivity index (χ0n) is 17.7. The van der Waals surface area contributed by atoms with Gasteiger partial charge in [-0.1, -0.05) is 61.2 Å². The van der Waals surface area contributed by atoms with Gasteiger partial charge in [-0.3, -0.25) is 14.4 Å². The van der Waals surface area contributed by atoms with Gasteiger partial charge < -0.3 is 4.74 Å². The van der Waals surface area contributed by atoms with Gasteiger partial charge in [0.2, 0.25) is 5.13 Å². The lowest BCUT2D eigenvalue weighted by molar-refractivity contribution is -0.122. The van der Waals surface area contributed by atoms with Gasteiger partial charge in [0.05, 0.1) is 17.1 Å². The Labute approximate surface area is 195 Å². The van der Waals surface area contributed by atoms with E-state index in [4.69, 9.17) is 4.74 Å². The number of aromatic nitrogens is 2. The molecule has 1 amide bonds. The molecule has 2 heterocycles. The van der Waals surface area contributed by atoms with Crippen molar-refractivity contribution < 1.29 is 17.9 Å². The first kappa shape index (κ1) is 22.6. The van der Waals surface area contributed by atoms with E-state index in [1.807, 2.05) is 26.8 Å². The van der Waals surface area contributed by atoms with Crippen LogP contribution in [-0.2, 0) is 14.8 Å². The standard InChI is InChI=1S/C21H22N4O4S3/c1-13(2)30-21-24-23-20(31-21)22-19(26)18-12-25(16-10-9-14(3)11-17(16)29-18)32(27,28)15-7-5-4-6-8-15/h4-11,13,18H,12H2,1-3H3,(H,22,23,26)/t18-/m0/s1. The van der Waals surface area contributed by atoms with E-state index in [0.717, 1.165) is 9.90 Å². The van der Waals surface area contributed by atoms with E-state index in [-0.39, 0.29) is 11.4 Å². The van der Waals surface area contributed by atoms with Crippen LogP contribution in [0.4, 0.5) is 10.8 Å². The Hall–Kier alpha value is -2.63. The lowest BCUT2D eigenvalue weighted by Gasteiger charge is -2.34. The summed E-state index contributed by atoms with van der Waals surface area (Å²) in [6.07, 6.45) is -1.05. The summed E-state index contributed by atoms with van der Waals surface area (Å²) in [5, 5.41) is 11.5. The van der Waals surface area contributed by atoms with E-state index in [1.54, 1.807) is 42.1 Å². The molecule has 1 aliphatic heterocycles. The molecule has 0 radical (unpaired) electrons. The monoisotopic (exact) mass is 490 g/mol. The summed E-state index contributed by atoms with van der Waals surface area (Å²) >= 11 is 2.82. The number of ether oxygens (including phenoxy) is 1. The molecule has 3 aromatic rings. The SMILES string of the molecule is Cc1ccc2c(c1)O[C@H](C(=O)Nc1nnc(SC(C)C)s1)CN2S(=O)(=O)c1ccccc1. The number of benzene rings is 2. The number of rotatable bonds is 6.